The van der Waals surface area contributed by atoms with E-state index in [1.165, 1.54) is 12.4 Å². The Morgan fingerprint density at radius 2 is 2.02 bits per heavy atom. The lowest BCUT2D eigenvalue weighted by atomic mass is 9.96. The highest BCUT2D eigenvalue weighted by Gasteiger charge is 2.33. The Labute approximate surface area is 242 Å². The van der Waals surface area contributed by atoms with E-state index < -0.39 is 5.82 Å². The molecule has 11 heteroatoms. The summed E-state index contributed by atoms with van der Waals surface area (Å²) in [6, 6.07) is 15.6. The number of para-hydroxylation sites is 1. The molecular weight excluding hydrogens is 535 g/mol. The van der Waals surface area contributed by atoms with Crippen LogP contribution in [0.3, 0.4) is 0 Å². The molecule has 3 N–H and O–H groups in total. The Balaban J connectivity index is 1.28. The Hall–Kier alpha value is -4.82. The molecule has 2 aromatic carbocycles. The SMILES string of the molecule is N#C/C(=C\C1CCCNC1)C(=O)N1CCC[C@@H]1Cn1nc(-c2ccc(Oc3ccccc3)cc2F)c2c(N)ncnc21. The van der Waals surface area contributed by atoms with Gasteiger partial charge in [0.05, 0.1) is 18.0 Å². The summed E-state index contributed by atoms with van der Waals surface area (Å²) in [7, 11) is 0. The molecule has 10 nitrogen and oxygen atoms in total. The van der Waals surface area contributed by atoms with Crippen molar-refractivity contribution < 1.29 is 13.9 Å². The van der Waals surface area contributed by atoms with Crippen LogP contribution in [0.15, 0.2) is 66.5 Å². The number of anilines is 1. The van der Waals surface area contributed by atoms with E-state index in [0.29, 0.717) is 41.3 Å². The van der Waals surface area contributed by atoms with Crippen LogP contribution in [0.2, 0.25) is 0 Å². The van der Waals surface area contributed by atoms with E-state index in [9.17, 15) is 10.1 Å². The zero-order chi connectivity index (χ0) is 29.1. The van der Waals surface area contributed by atoms with Crippen molar-refractivity contribution in [2.75, 3.05) is 25.4 Å². The molecule has 2 fully saturated rings. The molecule has 0 spiro atoms. The van der Waals surface area contributed by atoms with Crippen LogP contribution < -0.4 is 15.8 Å². The molecule has 4 heterocycles. The van der Waals surface area contributed by atoms with E-state index in [-0.39, 0.29) is 34.8 Å². The third kappa shape index (κ3) is 5.53. The number of nitrogens with one attached hydrogen (secondary N) is 1. The Kier molecular flexibility index (Phi) is 7.79. The molecule has 1 unspecified atom stereocenters. The number of hydrogen-bond donors (Lipinski definition) is 2. The number of nitrogen functional groups attached to an aromatic ring is 1. The summed E-state index contributed by atoms with van der Waals surface area (Å²) in [5.74, 6) is 0.488. The molecule has 0 aliphatic carbocycles. The summed E-state index contributed by atoms with van der Waals surface area (Å²) >= 11 is 0. The summed E-state index contributed by atoms with van der Waals surface area (Å²) in [5.41, 5.74) is 7.42. The van der Waals surface area contributed by atoms with Gasteiger partial charge < -0.3 is 20.7 Å². The highest BCUT2D eigenvalue weighted by atomic mass is 19.1. The predicted molar refractivity (Wildman–Crippen MR) is 156 cm³/mol. The monoisotopic (exact) mass is 566 g/mol. The van der Waals surface area contributed by atoms with Gasteiger partial charge in [-0.2, -0.15) is 10.4 Å². The van der Waals surface area contributed by atoms with Crippen LogP contribution in [-0.4, -0.2) is 56.2 Å². The van der Waals surface area contributed by atoms with E-state index in [1.807, 2.05) is 24.3 Å². The number of fused-ring (bicyclic) bond motifs is 1. The number of halogens is 1. The van der Waals surface area contributed by atoms with Crippen molar-refractivity contribution in [1.82, 2.24) is 30.0 Å². The van der Waals surface area contributed by atoms with Crippen molar-refractivity contribution in [1.29, 1.82) is 5.26 Å². The molecule has 0 radical (unpaired) electrons. The number of nitriles is 1. The normalized spacial score (nSPS) is 19.1. The first-order valence-electron chi connectivity index (χ1n) is 14.1. The number of hydrogen-bond acceptors (Lipinski definition) is 8. The number of carbonyl (C=O) groups excluding carboxylic acids is 1. The number of amides is 1. The minimum absolute atomic E-state index is 0.162. The molecule has 1 amide bonds. The van der Waals surface area contributed by atoms with Gasteiger partial charge in [-0.3, -0.25) is 4.79 Å². The first-order valence-corrected chi connectivity index (χ1v) is 14.1. The van der Waals surface area contributed by atoms with Crippen LogP contribution in [0.4, 0.5) is 10.2 Å². The molecule has 4 aromatic rings. The minimum atomic E-state index is -0.531. The molecular formula is C31H31FN8O2. The number of nitrogens with zero attached hydrogens (tertiary/aromatic N) is 6. The molecule has 2 aromatic heterocycles. The van der Waals surface area contributed by atoms with E-state index in [4.69, 9.17) is 15.6 Å². The molecule has 42 heavy (non-hydrogen) atoms. The standard InChI is InChI=1S/C31H31FN8O2/c32-26-15-24(42-23-8-2-1-3-9-23)10-11-25(26)28-27-29(34)36-19-37-30(27)40(38-28)18-22-7-5-13-39(22)31(41)21(16-33)14-20-6-4-12-35-17-20/h1-3,8-11,14-15,19-20,22,35H,4-7,12-13,17-18H2,(H2,34,36,37)/b21-14+/t20?,22-/m1/s1. The molecule has 2 atom stereocenters. The van der Waals surface area contributed by atoms with E-state index in [2.05, 4.69) is 21.4 Å². The second-order valence-electron chi connectivity index (χ2n) is 10.6. The number of likely N-dealkylation sites (tertiary alicyclic amines) is 1. The highest BCUT2D eigenvalue weighted by Crippen LogP contribution is 2.35. The molecule has 0 bridgehead atoms. The average molecular weight is 567 g/mol. The fourth-order valence-electron chi connectivity index (χ4n) is 5.78. The fraction of sp³-hybridized carbons (Fsp3) is 0.323. The molecule has 2 aliphatic heterocycles. The Morgan fingerprint density at radius 1 is 1.17 bits per heavy atom. The summed E-state index contributed by atoms with van der Waals surface area (Å²) in [4.78, 5) is 23.8. The molecule has 2 aliphatic rings. The van der Waals surface area contributed by atoms with Gasteiger partial charge in [0.25, 0.3) is 5.91 Å². The molecule has 0 saturated carbocycles. The number of ether oxygens (including phenoxy) is 1. The maximum Gasteiger partial charge on any atom is 0.264 e. The van der Waals surface area contributed by atoms with Gasteiger partial charge in [-0.25, -0.2) is 19.0 Å². The van der Waals surface area contributed by atoms with Gasteiger partial charge in [0.2, 0.25) is 0 Å². The van der Waals surface area contributed by atoms with Crippen LogP contribution in [0.1, 0.15) is 25.7 Å². The smallest absolute Gasteiger partial charge is 0.264 e. The maximum atomic E-state index is 15.5. The average Bonchev–Trinajstić information content (AvgIpc) is 3.62. The van der Waals surface area contributed by atoms with Gasteiger partial charge in [0, 0.05) is 24.7 Å². The van der Waals surface area contributed by atoms with Crippen molar-refractivity contribution in [3.63, 3.8) is 0 Å². The third-order valence-electron chi connectivity index (χ3n) is 7.84. The van der Waals surface area contributed by atoms with E-state index in [1.54, 1.807) is 33.8 Å². The second kappa shape index (κ2) is 12.0. The van der Waals surface area contributed by atoms with Crippen LogP contribution in [-0.2, 0) is 11.3 Å². The number of aromatic nitrogens is 4. The Bertz CT molecular complexity index is 1670. The summed E-state index contributed by atoms with van der Waals surface area (Å²) in [5, 5.41) is 18.3. The zero-order valence-corrected chi connectivity index (χ0v) is 23.0. The van der Waals surface area contributed by atoms with Crippen LogP contribution in [0.25, 0.3) is 22.3 Å². The van der Waals surface area contributed by atoms with Crippen molar-refractivity contribution in [3.8, 4) is 28.8 Å². The first-order chi connectivity index (χ1) is 20.5. The van der Waals surface area contributed by atoms with Crippen molar-refractivity contribution in [2.24, 2.45) is 5.92 Å². The van der Waals surface area contributed by atoms with E-state index >= 15 is 4.39 Å². The highest BCUT2D eigenvalue weighted by molar-refractivity contribution is 5.99. The fourth-order valence-corrected chi connectivity index (χ4v) is 5.78. The van der Waals surface area contributed by atoms with Crippen LogP contribution in [0.5, 0.6) is 11.5 Å². The molecule has 2 saturated heterocycles. The van der Waals surface area contributed by atoms with Gasteiger partial charge in [-0.05, 0) is 62.4 Å². The maximum absolute atomic E-state index is 15.5. The number of piperidine rings is 1. The Morgan fingerprint density at radius 3 is 2.79 bits per heavy atom. The van der Waals surface area contributed by atoms with E-state index in [0.717, 1.165) is 38.8 Å². The lowest BCUT2D eigenvalue weighted by Gasteiger charge is -2.25. The predicted octanol–water partition coefficient (Wildman–Crippen LogP) is 4.45. The lowest BCUT2D eigenvalue weighted by Crippen LogP contribution is -2.39. The van der Waals surface area contributed by atoms with Crippen LogP contribution in [0, 0.1) is 23.1 Å². The van der Waals surface area contributed by atoms with Gasteiger partial charge in [-0.15, -0.1) is 0 Å². The molecule has 6 rings (SSSR count). The summed E-state index contributed by atoms with van der Waals surface area (Å²) < 4.78 is 22.9. The zero-order valence-electron chi connectivity index (χ0n) is 23.0. The quantitative estimate of drug-likeness (QED) is 0.248. The minimum Gasteiger partial charge on any atom is -0.457 e. The van der Waals surface area contributed by atoms with Crippen molar-refractivity contribution >= 4 is 22.8 Å². The van der Waals surface area contributed by atoms with Crippen molar-refractivity contribution in [2.45, 2.75) is 38.3 Å². The summed E-state index contributed by atoms with van der Waals surface area (Å²) in [6.07, 6.45) is 6.68. The number of rotatable bonds is 7. The largest absolute Gasteiger partial charge is 0.457 e. The van der Waals surface area contributed by atoms with Gasteiger partial charge in [-0.1, -0.05) is 24.3 Å². The first kappa shape index (κ1) is 27.4. The number of carbonyl (C=O) groups is 1. The van der Waals surface area contributed by atoms with Gasteiger partial charge >= 0.3 is 0 Å². The second-order valence-corrected chi connectivity index (χ2v) is 10.6. The van der Waals surface area contributed by atoms with Gasteiger partial charge in [0.15, 0.2) is 5.65 Å². The van der Waals surface area contributed by atoms with Gasteiger partial charge in [0.1, 0.15) is 46.8 Å². The number of benzene rings is 2. The third-order valence-corrected chi connectivity index (χ3v) is 7.84. The topological polar surface area (TPSA) is 135 Å². The lowest BCUT2D eigenvalue weighted by molar-refractivity contribution is -0.127. The van der Waals surface area contributed by atoms with Crippen molar-refractivity contribution in [3.05, 3.63) is 72.3 Å². The number of nitrogens with two attached hydrogens (primary N) is 1. The van der Waals surface area contributed by atoms with Crippen LogP contribution >= 0.6 is 0 Å². The summed E-state index contributed by atoms with van der Waals surface area (Å²) in [6.45, 7) is 2.59. The molecule has 214 valence electrons.